The van der Waals surface area contributed by atoms with Crippen LogP contribution in [0, 0.1) is 20.8 Å². The summed E-state index contributed by atoms with van der Waals surface area (Å²) in [5, 5.41) is 7.52. The van der Waals surface area contributed by atoms with Gasteiger partial charge in [-0.3, -0.25) is 0 Å². The summed E-state index contributed by atoms with van der Waals surface area (Å²) in [5.41, 5.74) is 4.19. The Morgan fingerprint density at radius 2 is 1.95 bits per heavy atom. The Morgan fingerprint density at radius 1 is 1.19 bits per heavy atom. The van der Waals surface area contributed by atoms with Crippen molar-refractivity contribution in [2.45, 2.75) is 45.7 Å². The Morgan fingerprint density at radius 3 is 2.62 bits per heavy atom. The van der Waals surface area contributed by atoms with Crippen molar-refractivity contribution in [3.8, 4) is 0 Å². The molecule has 0 unspecified atom stereocenters. The highest BCUT2D eigenvalue weighted by molar-refractivity contribution is 5.44. The minimum Gasteiger partial charge on any atom is -0.363 e. The molecule has 1 N–H and O–H groups in total. The summed E-state index contributed by atoms with van der Waals surface area (Å²) >= 11 is 0. The second kappa shape index (κ2) is 5.13. The van der Waals surface area contributed by atoms with Gasteiger partial charge in [-0.05, 0) is 43.9 Å². The first-order valence-electron chi connectivity index (χ1n) is 7.13. The Bertz CT molecular complexity index is 664. The lowest BCUT2D eigenvalue weighted by atomic mass is 9.95. The number of anilines is 1. The molecule has 0 spiro atoms. The van der Waals surface area contributed by atoms with E-state index >= 15 is 0 Å². The smallest absolute Gasteiger partial charge is 0.260 e. The van der Waals surface area contributed by atoms with E-state index in [-0.39, 0.29) is 6.04 Å². The number of halogens is 2. The van der Waals surface area contributed by atoms with Gasteiger partial charge in [-0.2, -0.15) is 5.10 Å². The molecule has 2 atom stereocenters. The molecule has 0 aliphatic carbocycles. The molecule has 3 nitrogen and oxygen atoms in total. The van der Waals surface area contributed by atoms with Gasteiger partial charge < -0.3 is 5.32 Å². The molecule has 2 heterocycles. The monoisotopic (exact) mass is 291 g/mol. The Balaban J connectivity index is 1.97. The molecular weight excluding hydrogens is 272 g/mol. The summed E-state index contributed by atoms with van der Waals surface area (Å²) in [4.78, 5) is 0. The lowest BCUT2D eigenvalue weighted by molar-refractivity contribution is 0.0657. The first-order valence-corrected chi connectivity index (χ1v) is 7.13. The minimum absolute atomic E-state index is 0.105. The fourth-order valence-corrected chi connectivity index (χ4v) is 2.87. The van der Waals surface area contributed by atoms with Gasteiger partial charge in [0.25, 0.3) is 6.43 Å². The molecule has 5 heteroatoms. The first-order chi connectivity index (χ1) is 9.95. The topological polar surface area (TPSA) is 29.9 Å². The Hall–Kier alpha value is -1.91. The average Bonchev–Trinajstić information content (AvgIpc) is 2.80. The molecule has 0 amide bonds. The van der Waals surface area contributed by atoms with Crippen LogP contribution in [0.3, 0.4) is 0 Å². The number of hydrogen-bond acceptors (Lipinski definition) is 2. The second-order valence-corrected chi connectivity index (χ2v) is 5.79. The summed E-state index contributed by atoms with van der Waals surface area (Å²) in [6.45, 7) is 5.91. The molecule has 2 aromatic rings. The molecule has 1 aliphatic rings. The summed E-state index contributed by atoms with van der Waals surface area (Å²) < 4.78 is 28.1. The third-order valence-corrected chi connectivity index (χ3v) is 4.20. The molecule has 0 saturated heterocycles. The fraction of sp³-hybridized carbons (Fsp3) is 0.438. The quantitative estimate of drug-likeness (QED) is 0.900. The van der Waals surface area contributed by atoms with Gasteiger partial charge in [0.05, 0.1) is 11.7 Å². The second-order valence-electron chi connectivity index (χ2n) is 5.79. The Labute approximate surface area is 123 Å². The molecule has 0 bridgehead atoms. The number of nitrogens with zero attached hydrogens (tertiary/aromatic N) is 2. The summed E-state index contributed by atoms with van der Waals surface area (Å²) in [5.74, 6) is 0.673. The van der Waals surface area contributed by atoms with E-state index < -0.39 is 12.5 Å². The lowest BCUT2D eigenvalue weighted by Gasteiger charge is -2.32. The lowest BCUT2D eigenvalue weighted by Crippen LogP contribution is -2.30. The van der Waals surface area contributed by atoms with Crippen molar-refractivity contribution < 1.29 is 8.78 Å². The highest BCUT2D eigenvalue weighted by Crippen LogP contribution is 2.38. The summed E-state index contributed by atoms with van der Waals surface area (Å²) in [6, 6.07) is 6.98. The van der Waals surface area contributed by atoms with Crippen LogP contribution in [-0.4, -0.2) is 16.2 Å². The summed E-state index contributed by atoms with van der Waals surface area (Å²) in [7, 11) is 0. The number of alkyl halides is 2. The molecular formula is C16H19F2N3. The normalized spacial score (nSPS) is 21.2. The number of benzene rings is 1. The van der Waals surface area contributed by atoms with Crippen LogP contribution in [0.15, 0.2) is 24.3 Å². The molecule has 3 rings (SSSR count). The highest BCUT2D eigenvalue weighted by atomic mass is 19.3. The minimum atomic E-state index is -2.42. The van der Waals surface area contributed by atoms with Crippen LogP contribution < -0.4 is 5.32 Å². The van der Waals surface area contributed by atoms with Crippen molar-refractivity contribution >= 4 is 5.82 Å². The highest BCUT2D eigenvalue weighted by Gasteiger charge is 2.34. The molecule has 0 saturated carbocycles. The fourth-order valence-electron chi connectivity index (χ4n) is 2.87. The van der Waals surface area contributed by atoms with Gasteiger partial charge in [-0.25, -0.2) is 13.5 Å². The molecule has 112 valence electrons. The van der Waals surface area contributed by atoms with E-state index in [1.54, 1.807) is 0 Å². The summed E-state index contributed by atoms with van der Waals surface area (Å²) in [6.07, 6.45) is -2.08. The van der Waals surface area contributed by atoms with Gasteiger partial charge >= 0.3 is 0 Å². The zero-order valence-electron chi connectivity index (χ0n) is 12.4. The van der Waals surface area contributed by atoms with Crippen molar-refractivity contribution in [1.82, 2.24) is 9.78 Å². The third-order valence-electron chi connectivity index (χ3n) is 4.20. The maximum Gasteiger partial charge on any atom is 0.260 e. The van der Waals surface area contributed by atoms with Gasteiger partial charge in [-0.1, -0.05) is 18.2 Å². The van der Waals surface area contributed by atoms with Gasteiger partial charge in [0.15, 0.2) is 0 Å². The van der Waals surface area contributed by atoms with E-state index in [4.69, 9.17) is 0 Å². The van der Waals surface area contributed by atoms with E-state index in [0.717, 1.165) is 11.3 Å². The molecule has 0 fully saturated rings. The third kappa shape index (κ3) is 2.52. The largest absolute Gasteiger partial charge is 0.363 e. The van der Waals surface area contributed by atoms with Crippen molar-refractivity contribution in [1.29, 1.82) is 0 Å². The molecule has 1 aromatic heterocycles. The van der Waals surface area contributed by atoms with Crippen molar-refractivity contribution in [2.75, 3.05) is 5.32 Å². The van der Waals surface area contributed by atoms with E-state index in [9.17, 15) is 8.78 Å². The van der Waals surface area contributed by atoms with Crippen molar-refractivity contribution in [3.05, 3.63) is 46.6 Å². The van der Waals surface area contributed by atoms with Crippen LogP contribution in [0.25, 0.3) is 0 Å². The SMILES string of the molecule is Cc1cc2n(n1)[C@@H](C(F)F)C[C@@H](c1ccc(C)c(C)c1)N2. The average molecular weight is 291 g/mol. The number of nitrogens with one attached hydrogen (secondary N) is 1. The van der Waals surface area contributed by atoms with Crippen LogP contribution in [0.2, 0.25) is 0 Å². The molecule has 21 heavy (non-hydrogen) atoms. The molecule has 0 radical (unpaired) electrons. The number of aromatic nitrogens is 2. The zero-order valence-corrected chi connectivity index (χ0v) is 12.4. The predicted molar refractivity (Wildman–Crippen MR) is 78.9 cm³/mol. The van der Waals surface area contributed by atoms with Crippen molar-refractivity contribution in [3.63, 3.8) is 0 Å². The molecule has 1 aromatic carbocycles. The van der Waals surface area contributed by atoms with Gasteiger partial charge in [0.1, 0.15) is 11.9 Å². The standard InChI is InChI=1S/C16H19F2N3/c1-9-4-5-12(6-10(9)2)13-8-14(16(17)18)21-15(19-13)7-11(3)20-21/h4-7,13-14,16,19H,8H2,1-3H3/t13-,14+/m0/s1. The Kier molecular flexibility index (Phi) is 3.43. The van der Waals surface area contributed by atoms with E-state index in [2.05, 4.69) is 16.5 Å². The van der Waals surface area contributed by atoms with E-state index in [1.165, 1.54) is 15.8 Å². The number of fused-ring (bicyclic) bond motifs is 1. The van der Waals surface area contributed by atoms with Crippen LogP contribution in [0.1, 0.15) is 40.9 Å². The number of aryl methyl sites for hydroxylation is 3. The van der Waals surface area contributed by atoms with Crippen LogP contribution >= 0.6 is 0 Å². The molecule has 1 aliphatic heterocycles. The number of hydrogen-bond donors (Lipinski definition) is 1. The predicted octanol–water partition coefficient (Wildman–Crippen LogP) is 4.17. The number of rotatable bonds is 2. The van der Waals surface area contributed by atoms with E-state index in [0.29, 0.717) is 12.2 Å². The maximum atomic E-state index is 13.4. The van der Waals surface area contributed by atoms with E-state index in [1.807, 2.05) is 39.0 Å². The van der Waals surface area contributed by atoms with Crippen LogP contribution in [-0.2, 0) is 0 Å². The zero-order chi connectivity index (χ0) is 15.1. The van der Waals surface area contributed by atoms with Gasteiger partial charge in [-0.15, -0.1) is 0 Å². The maximum absolute atomic E-state index is 13.4. The first kappa shape index (κ1) is 14.0. The van der Waals surface area contributed by atoms with Gasteiger partial charge in [0.2, 0.25) is 0 Å². The van der Waals surface area contributed by atoms with Crippen LogP contribution in [0.4, 0.5) is 14.6 Å². The van der Waals surface area contributed by atoms with Gasteiger partial charge in [0, 0.05) is 6.07 Å². The van der Waals surface area contributed by atoms with Crippen LogP contribution in [0.5, 0.6) is 0 Å². The van der Waals surface area contributed by atoms with Crippen molar-refractivity contribution in [2.24, 2.45) is 0 Å².